The molecule has 1 rings (SSSR count). The van der Waals surface area contributed by atoms with E-state index >= 15 is 0 Å². The number of benzene rings is 1. The molecule has 0 aliphatic rings. The van der Waals surface area contributed by atoms with Gasteiger partial charge in [0.05, 0.1) is 0 Å². The minimum absolute atomic E-state index is 0.0297. The van der Waals surface area contributed by atoms with Crippen LogP contribution in [0.25, 0.3) is 0 Å². The van der Waals surface area contributed by atoms with Crippen LogP contribution in [0.3, 0.4) is 0 Å². The van der Waals surface area contributed by atoms with E-state index in [4.69, 9.17) is 10.5 Å². The summed E-state index contributed by atoms with van der Waals surface area (Å²) in [4.78, 5) is -1.01. The lowest BCUT2D eigenvalue weighted by Gasteiger charge is -2.24. The number of methoxy groups -OCH3 is 1. The van der Waals surface area contributed by atoms with E-state index in [1.165, 1.54) is 0 Å². The van der Waals surface area contributed by atoms with Crippen molar-refractivity contribution in [2.24, 2.45) is 5.41 Å². The fourth-order valence-electron chi connectivity index (χ4n) is 1.67. The van der Waals surface area contributed by atoms with Gasteiger partial charge in [0.2, 0.25) is 10.0 Å². The Morgan fingerprint density at radius 1 is 1.29 bits per heavy atom. The fraction of sp³-hybridized carbons (Fsp3) is 0.538. The molecule has 1 aromatic rings. The van der Waals surface area contributed by atoms with Gasteiger partial charge in [-0.1, -0.05) is 13.8 Å². The molecule has 0 aliphatic carbocycles. The van der Waals surface area contributed by atoms with Crippen LogP contribution in [-0.4, -0.2) is 28.7 Å². The first-order valence-electron chi connectivity index (χ1n) is 6.32. The number of hydrogen-bond acceptors (Lipinski definition) is 4. The average Bonchev–Trinajstić information content (AvgIpc) is 2.33. The molecule has 0 saturated carbocycles. The smallest absolute Gasteiger partial charge is 0.246 e. The second-order valence-electron chi connectivity index (χ2n) is 5.55. The Bertz CT molecular complexity index is 580. The zero-order valence-electron chi connectivity index (χ0n) is 12.2. The number of nitrogen functional groups attached to an aromatic ring is 1. The van der Waals surface area contributed by atoms with E-state index in [-0.39, 0.29) is 12.2 Å². The van der Waals surface area contributed by atoms with Crippen LogP contribution in [0.4, 0.5) is 14.5 Å². The lowest BCUT2D eigenvalue weighted by Crippen LogP contribution is -2.35. The fourth-order valence-corrected chi connectivity index (χ4v) is 3.02. The molecule has 5 nitrogen and oxygen atoms in total. The molecule has 0 amide bonds. The number of halogens is 2. The van der Waals surface area contributed by atoms with Gasteiger partial charge in [0, 0.05) is 25.9 Å². The third-order valence-electron chi connectivity index (χ3n) is 3.01. The Hall–Kier alpha value is -1.25. The van der Waals surface area contributed by atoms with Gasteiger partial charge in [-0.2, -0.15) is 0 Å². The summed E-state index contributed by atoms with van der Waals surface area (Å²) in [5.41, 5.74) is 4.67. The number of ether oxygens (including phenoxy) is 1. The van der Waals surface area contributed by atoms with Gasteiger partial charge in [-0.15, -0.1) is 0 Å². The molecule has 0 spiro atoms. The molecule has 21 heavy (non-hydrogen) atoms. The Kier molecular flexibility index (Phi) is 5.66. The van der Waals surface area contributed by atoms with E-state index in [1.54, 1.807) is 7.11 Å². The first kappa shape index (κ1) is 17.8. The highest BCUT2D eigenvalue weighted by Crippen LogP contribution is 2.24. The molecule has 0 radical (unpaired) electrons. The number of nitrogens with two attached hydrogens (primary N) is 1. The third-order valence-corrected chi connectivity index (χ3v) is 4.46. The van der Waals surface area contributed by atoms with E-state index in [1.807, 2.05) is 13.8 Å². The minimum Gasteiger partial charge on any atom is -0.399 e. The van der Waals surface area contributed by atoms with E-state index in [0.717, 1.165) is 12.1 Å². The topological polar surface area (TPSA) is 81.4 Å². The van der Waals surface area contributed by atoms with Gasteiger partial charge >= 0.3 is 0 Å². The predicted molar refractivity (Wildman–Crippen MR) is 76.2 cm³/mol. The summed E-state index contributed by atoms with van der Waals surface area (Å²) in [7, 11) is -2.75. The molecule has 0 aromatic heterocycles. The summed E-state index contributed by atoms with van der Waals surface area (Å²) < 4.78 is 58.6. The molecule has 0 heterocycles. The Labute approximate surface area is 123 Å². The maximum Gasteiger partial charge on any atom is 0.246 e. The first-order chi connectivity index (χ1) is 9.59. The van der Waals surface area contributed by atoms with Gasteiger partial charge in [0.25, 0.3) is 0 Å². The highest BCUT2D eigenvalue weighted by Gasteiger charge is 2.27. The van der Waals surface area contributed by atoms with Crippen LogP contribution in [0.15, 0.2) is 17.0 Å². The molecule has 8 heteroatoms. The molecule has 0 atom stereocenters. The minimum atomic E-state index is -4.29. The molecule has 3 N–H and O–H groups in total. The highest BCUT2D eigenvalue weighted by molar-refractivity contribution is 7.89. The largest absolute Gasteiger partial charge is 0.399 e. The Balaban J connectivity index is 2.93. The van der Waals surface area contributed by atoms with Crippen LogP contribution >= 0.6 is 0 Å². The van der Waals surface area contributed by atoms with E-state index in [2.05, 4.69) is 4.72 Å². The number of rotatable bonds is 7. The highest BCUT2D eigenvalue weighted by atomic mass is 32.2. The predicted octanol–water partition coefficient (Wildman–Crippen LogP) is 1.89. The van der Waals surface area contributed by atoms with Crippen molar-refractivity contribution >= 4 is 15.7 Å². The second-order valence-corrected chi connectivity index (χ2v) is 7.25. The molecule has 0 unspecified atom stereocenters. The summed E-state index contributed by atoms with van der Waals surface area (Å²) >= 11 is 0. The molecule has 0 fully saturated rings. The van der Waals surface area contributed by atoms with Crippen molar-refractivity contribution in [1.29, 1.82) is 0 Å². The van der Waals surface area contributed by atoms with Crippen molar-refractivity contribution in [3.05, 3.63) is 23.8 Å². The van der Waals surface area contributed by atoms with Crippen LogP contribution in [0.1, 0.15) is 20.3 Å². The average molecular weight is 322 g/mol. The zero-order chi connectivity index (χ0) is 16.3. The van der Waals surface area contributed by atoms with Crippen LogP contribution in [-0.2, 0) is 14.8 Å². The van der Waals surface area contributed by atoms with Gasteiger partial charge in [-0.05, 0) is 24.0 Å². The van der Waals surface area contributed by atoms with Crippen molar-refractivity contribution in [2.45, 2.75) is 25.2 Å². The van der Waals surface area contributed by atoms with Gasteiger partial charge in [-0.25, -0.2) is 21.9 Å². The maximum atomic E-state index is 13.7. The van der Waals surface area contributed by atoms with Gasteiger partial charge in [0.1, 0.15) is 11.6 Å². The molecular formula is C13H20F2N2O3S. The maximum absolute atomic E-state index is 13.7. The monoisotopic (exact) mass is 322 g/mol. The summed E-state index contributed by atoms with van der Waals surface area (Å²) in [6.07, 6.45) is 0.596. The summed E-state index contributed by atoms with van der Waals surface area (Å²) in [6, 6.07) is 1.54. The van der Waals surface area contributed by atoms with Crippen LogP contribution in [0, 0.1) is 17.0 Å². The SMILES string of the molecule is COCCC(C)(C)CNS(=O)(=O)c1c(F)cc(N)cc1F. The Morgan fingerprint density at radius 3 is 2.29 bits per heavy atom. The molecule has 1 aromatic carbocycles. The molecule has 0 bridgehead atoms. The quantitative estimate of drug-likeness (QED) is 0.751. The van der Waals surface area contributed by atoms with Crippen molar-refractivity contribution < 1.29 is 21.9 Å². The molecule has 0 saturated heterocycles. The normalized spacial score (nSPS) is 12.6. The van der Waals surface area contributed by atoms with Crippen molar-refractivity contribution in [1.82, 2.24) is 4.72 Å². The number of nitrogens with one attached hydrogen (secondary N) is 1. The van der Waals surface area contributed by atoms with Crippen molar-refractivity contribution in [3.8, 4) is 0 Å². The van der Waals surface area contributed by atoms with E-state index in [9.17, 15) is 17.2 Å². The number of sulfonamides is 1. The van der Waals surface area contributed by atoms with Gasteiger partial charge < -0.3 is 10.5 Å². The molecular weight excluding hydrogens is 302 g/mol. The molecule has 120 valence electrons. The standard InChI is InChI=1S/C13H20F2N2O3S/c1-13(2,4-5-20-3)8-17-21(18,19)12-10(14)6-9(16)7-11(12)15/h6-7,17H,4-5,8,16H2,1-3H3. The second kappa shape index (κ2) is 6.67. The van der Waals surface area contributed by atoms with Crippen molar-refractivity contribution in [3.63, 3.8) is 0 Å². The van der Waals surface area contributed by atoms with E-state index in [0.29, 0.717) is 13.0 Å². The summed E-state index contributed by atoms with van der Waals surface area (Å²) in [6.45, 7) is 4.13. The number of anilines is 1. The van der Waals surface area contributed by atoms with Crippen LogP contribution in [0.2, 0.25) is 0 Å². The van der Waals surface area contributed by atoms with E-state index < -0.39 is 32.0 Å². The molecule has 0 aliphatic heterocycles. The lowest BCUT2D eigenvalue weighted by molar-refractivity contribution is 0.153. The van der Waals surface area contributed by atoms with Gasteiger partial charge in [0.15, 0.2) is 4.90 Å². The lowest BCUT2D eigenvalue weighted by atomic mass is 9.90. The Morgan fingerprint density at radius 2 is 1.81 bits per heavy atom. The first-order valence-corrected chi connectivity index (χ1v) is 7.80. The van der Waals surface area contributed by atoms with Crippen LogP contribution < -0.4 is 10.5 Å². The van der Waals surface area contributed by atoms with Crippen molar-refractivity contribution in [2.75, 3.05) is 26.0 Å². The third kappa shape index (κ3) is 4.90. The summed E-state index contributed by atoms with van der Waals surface area (Å²) in [5.74, 6) is -2.43. The zero-order valence-corrected chi connectivity index (χ0v) is 13.1. The summed E-state index contributed by atoms with van der Waals surface area (Å²) in [5, 5.41) is 0. The van der Waals surface area contributed by atoms with Crippen LogP contribution in [0.5, 0.6) is 0 Å². The van der Waals surface area contributed by atoms with Gasteiger partial charge in [-0.3, -0.25) is 0 Å². The number of hydrogen-bond donors (Lipinski definition) is 2.